The average Bonchev–Trinajstić information content (AvgIpc) is 2.89. The van der Waals surface area contributed by atoms with Crippen molar-refractivity contribution in [1.82, 2.24) is 14.6 Å². The first kappa shape index (κ1) is 13.1. The fraction of sp³-hybridized carbons (Fsp3) is 0.133. The van der Waals surface area contributed by atoms with E-state index in [0.29, 0.717) is 11.5 Å². The van der Waals surface area contributed by atoms with Gasteiger partial charge in [-0.05, 0) is 31.2 Å². The predicted octanol–water partition coefficient (Wildman–Crippen LogP) is 2.31. The minimum Gasteiger partial charge on any atom is -0.486 e. The zero-order chi connectivity index (χ0) is 14.8. The maximum Gasteiger partial charge on any atom is 0.354 e. The summed E-state index contributed by atoms with van der Waals surface area (Å²) in [6.07, 6.45) is 0. The number of aromatic carboxylic acids is 1. The summed E-state index contributed by atoms with van der Waals surface area (Å²) in [4.78, 5) is 15.4. The van der Waals surface area contributed by atoms with Gasteiger partial charge in [-0.25, -0.2) is 14.3 Å². The predicted molar refractivity (Wildman–Crippen MR) is 75.5 cm³/mol. The molecule has 0 fully saturated rings. The number of hydrogen-bond donors (Lipinski definition) is 1. The summed E-state index contributed by atoms with van der Waals surface area (Å²) in [7, 11) is 0. The number of aromatic nitrogens is 3. The molecule has 6 nitrogen and oxygen atoms in total. The van der Waals surface area contributed by atoms with Crippen molar-refractivity contribution in [1.29, 1.82) is 0 Å². The molecule has 0 spiro atoms. The summed E-state index contributed by atoms with van der Waals surface area (Å²) < 4.78 is 6.89. The van der Waals surface area contributed by atoms with Gasteiger partial charge in [0, 0.05) is 0 Å². The number of rotatable bonds is 4. The fourth-order valence-electron chi connectivity index (χ4n) is 1.96. The van der Waals surface area contributed by atoms with E-state index in [1.54, 1.807) is 12.1 Å². The number of carbonyl (C=O) groups is 1. The molecule has 1 N–H and O–H groups in total. The van der Waals surface area contributed by atoms with E-state index in [2.05, 4.69) is 10.1 Å². The van der Waals surface area contributed by atoms with Crippen LogP contribution in [0.3, 0.4) is 0 Å². The number of carboxylic acids is 1. The Balaban J connectivity index is 1.83. The van der Waals surface area contributed by atoms with Crippen LogP contribution in [0.5, 0.6) is 5.75 Å². The number of ether oxygens (including phenoxy) is 1. The van der Waals surface area contributed by atoms with E-state index >= 15 is 0 Å². The molecule has 106 valence electrons. The highest BCUT2D eigenvalue weighted by Gasteiger charge is 2.12. The molecule has 0 saturated heterocycles. The van der Waals surface area contributed by atoms with Crippen LogP contribution in [0.1, 0.15) is 21.9 Å². The van der Waals surface area contributed by atoms with Crippen LogP contribution < -0.4 is 4.74 Å². The van der Waals surface area contributed by atoms with E-state index in [-0.39, 0.29) is 12.3 Å². The number of carboxylic acid groups (broad SMARTS) is 1. The summed E-state index contributed by atoms with van der Waals surface area (Å²) in [5, 5.41) is 13.3. The van der Waals surface area contributed by atoms with Gasteiger partial charge in [0.05, 0.1) is 0 Å². The van der Waals surface area contributed by atoms with Crippen molar-refractivity contribution in [2.75, 3.05) is 0 Å². The highest BCUT2D eigenvalue weighted by molar-refractivity contribution is 5.86. The molecular weight excluding hydrogens is 270 g/mol. The Morgan fingerprint density at radius 3 is 2.71 bits per heavy atom. The van der Waals surface area contributed by atoms with Crippen molar-refractivity contribution in [2.24, 2.45) is 0 Å². The fourth-order valence-corrected chi connectivity index (χ4v) is 1.96. The van der Waals surface area contributed by atoms with E-state index < -0.39 is 5.97 Å². The second-order valence-electron chi connectivity index (χ2n) is 4.62. The monoisotopic (exact) mass is 283 g/mol. The average molecular weight is 283 g/mol. The SMILES string of the molecule is Cc1ccc(OCc2nc3cccc(C(=O)O)n3n2)cc1. The van der Waals surface area contributed by atoms with Gasteiger partial charge in [0.15, 0.2) is 17.2 Å². The standard InChI is InChI=1S/C15H13N3O3/c1-10-5-7-11(8-6-10)21-9-13-16-14-4-2-3-12(15(19)20)18(14)17-13/h2-8H,9H2,1H3,(H,19,20). The van der Waals surface area contributed by atoms with Crippen molar-refractivity contribution >= 4 is 11.6 Å². The molecule has 2 heterocycles. The lowest BCUT2D eigenvalue weighted by Crippen LogP contribution is -2.06. The number of nitrogens with zero attached hydrogens (tertiary/aromatic N) is 3. The molecule has 0 aliphatic rings. The minimum atomic E-state index is -1.04. The summed E-state index contributed by atoms with van der Waals surface area (Å²) >= 11 is 0. The highest BCUT2D eigenvalue weighted by Crippen LogP contribution is 2.13. The van der Waals surface area contributed by atoms with Gasteiger partial charge in [-0.15, -0.1) is 5.10 Å². The Labute approximate surface area is 120 Å². The first-order valence-corrected chi connectivity index (χ1v) is 6.41. The van der Waals surface area contributed by atoms with Gasteiger partial charge in [-0.2, -0.15) is 0 Å². The van der Waals surface area contributed by atoms with Gasteiger partial charge in [0.1, 0.15) is 12.4 Å². The number of fused-ring (bicyclic) bond motifs is 1. The maximum atomic E-state index is 11.1. The summed E-state index contributed by atoms with van der Waals surface area (Å²) in [5.74, 6) is 0.110. The quantitative estimate of drug-likeness (QED) is 0.795. The molecule has 0 radical (unpaired) electrons. The number of pyridine rings is 1. The van der Waals surface area contributed by atoms with Crippen molar-refractivity contribution in [3.05, 3.63) is 59.5 Å². The normalized spacial score (nSPS) is 10.7. The van der Waals surface area contributed by atoms with Crippen LogP contribution in [0.2, 0.25) is 0 Å². The van der Waals surface area contributed by atoms with E-state index in [1.807, 2.05) is 31.2 Å². The van der Waals surface area contributed by atoms with E-state index in [9.17, 15) is 4.79 Å². The lowest BCUT2D eigenvalue weighted by atomic mass is 10.2. The van der Waals surface area contributed by atoms with Crippen molar-refractivity contribution in [3.63, 3.8) is 0 Å². The molecule has 6 heteroatoms. The minimum absolute atomic E-state index is 0.0709. The van der Waals surface area contributed by atoms with Crippen molar-refractivity contribution in [3.8, 4) is 5.75 Å². The third-order valence-electron chi connectivity index (χ3n) is 3.01. The zero-order valence-corrected chi connectivity index (χ0v) is 11.4. The topological polar surface area (TPSA) is 76.7 Å². The van der Waals surface area contributed by atoms with E-state index in [1.165, 1.54) is 10.6 Å². The zero-order valence-electron chi connectivity index (χ0n) is 11.4. The smallest absolute Gasteiger partial charge is 0.354 e. The Morgan fingerprint density at radius 1 is 1.24 bits per heavy atom. The molecule has 0 aliphatic carbocycles. The van der Waals surface area contributed by atoms with E-state index in [4.69, 9.17) is 9.84 Å². The van der Waals surface area contributed by atoms with Crippen molar-refractivity contribution in [2.45, 2.75) is 13.5 Å². The van der Waals surface area contributed by atoms with Crippen LogP contribution in [0, 0.1) is 6.92 Å². The first-order valence-electron chi connectivity index (χ1n) is 6.41. The van der Waals surface area contributed by atoms with Gasteiger partial charge >= 0.3 is 5.97 Å². The molecule has 0 saturated carbocycles. The largest absolute Gasteiger partial charge is 0.486 e. The lowest BCUT2D eigenvalue weighted by molar-refractivity contribution is 0.0687. The maximum absolute atomic E-state index is 11.1. The third-order valence-corrected chi connectivity index (χ3v) is 3.01. The second-order valence-corrected chi connectivity index (χ2v) is 4.62. The molecule has 0 atom stereocenters. The van der Waals surface area contributed by atoms with Gasteiger partial charge in [0.25, 0.3) is 0 Å². The van der Waals surface area contributed by atoms with Gasteiger partial charge in [-0.3, -0.25) is 0 Å². The number of aryl methyl sites for hydroxylation is 1. The Hall–Kier alpha value is -2.89. The number of hydrogen-bond acceptors (Lipinski definition) is 4. The molecule has 0 bridgehead atoms. The van der Waals surface area contributed by atoms with Gasteiger partial charge < -0.3 is 9.84 Å². The molecule has 3 aromatic rings. The molecule has 0 aliphatic heterocycles. The molecule has 2 aromatic heterocycles. The summed E-state index contributed by atoms with van der Waals surface area (Å²) in [6.45, 7) is 2.19. The van der Waals surface area contributed by atoms with E-state index in [0.717, 1.165) is 11.3 Å². The van der Waals surface area contributed by atoms with Crippen LogP contribution >= 0.6 is 0 Å². The van der Waals surface area contributed by atoms with Gasteiger partial charge in [-0.1, -0.05) is 23.8 Å². The Bertz CT molecular complexity index is 794. The summed E-state index contributed by atoms with van der Waals surface area (Å²) in [6, 6.07) is 12.5. The first-order chi connectivity index (χ1) is 10.1. The molecular formula is C15H13N3O3. The number of benzene rings is 1. The van der Waals surface area contributed by atoms with Crippen LogP contribution in [-0.2, 0) is 6.61 Å². The van der Waals surface area contributed by atoms with Gasteiger partial charge in [0.2, 0.25) is 0 Å². The molecule has 0 unspecified atom stereocenters. The Kier molecular flexibility index (Phi) is 3.27. The molecule has 0 amide bonds. The van der Waals surface area contributed by atoms with Crippen LogP contribution in [0.4, 0.5) is 0 Å². The lowest BCUT2D eigenvalue weighted by Gasteiger charge is -2.03. The van der Waals surface area contributed by atoms with Crippen molar-refractivity contribution < 1.29 is 14.6 Å². The summed E-state index contributed by atoms with van der Waals surface area (Å²) in [5.41, 5.74) is 1.71. The van der Waals surface area contributed by atoms with Crippen LogP contribution in [0.15, 0.2) is 42.5 Å². The highest BCUT2D eigenvalue weighted by atomic mass is 16.5. The molecule has 1 aromatic carbocycles. The molecule has 21 heavy (non-hydrogen) atoms. The third kappa shape index (κ3) is 2.69. The second kappa shape index (κ2) is 5.24. The molecule has 3 rings (SSSR count). The van der Waals surface area contributed by atoms with Crippen LogP contribution in [-0.4, -0.2) is 25.7 Å². The van der Waals surface area contributed by atoms with Crippen LogP contribution in [0.25, 0.3) is 5.65 Å². The Morgan fingerprint density at radius 2 is 2.00 bits per heavy atom.